The molecule has 0 radical (unpaired) electrons. The molecule has 1 heterocycles. The number of nitrogens with one attached hydrogen (secondary N) is 1. The highest BCUT2D eigenvalue weighted by Crippen LogP contribution is 2.31. The molecule has 0 fully saturated rings. The van der Waals surface area contributed by atoms with Crippen molar-refractivity contribution in [2.45, 2.75) is 18.7 Å². The van der Waals surface area contributed by atoms with Gasteiger partial charge in [0.1, 0.15) is 0 Å². The number of carbonyl (C=O) groups excluding carboxylic acids is 1. The van der Waals surface area contributed by atoms with Gasteiger partial charge < -0.3 is 9.47 Å². The average molecular weight is 450 g/mol. The van der Waals surface area contributed by atoms with Crippen LogP contribution < -0.4 is 14.8 Å². The quantitative estimate of drug-likeness (QED) is 0.564. The van der Waals surface area contributed by atoms with Crippen molar-refractivity contribution in [3.8, 4) is 11.5 Å². The number of fused-ring (bicyclic) bond motifs is 1. The monoisotopic (exact) mass is 449 g/mol. The Hall–Kier alpha value is -2.69. The molecule has 0 aliphatic carbocycles. The van der Waals surface area contributed by atoms with Gasteiger partial charge in [0.2, 0.25) is 10.0 Å². The Morgan fingerprint density at radius 1 is 1.07 bits per heavy atom. The van der Waals surface area contributed by atoms with Gasteiger partial charge in [0, 0.05) is 18.7 Å². The fourth-order valence-electron chi connectivity index (χ4n) is 2.98. The van der Waals surface area contributed by atoms with Crippen LogP contribution in [-0.2, 0) is 10.0 Å². The molecule has 8 nitrogen and oxygen atoms in total. The van der Waals surface area contributed by atoms with Crippen molar-refractivity contribution in [2.75, 3.05) is 32.6 Å². The number of hydrogen-bond acceptors (Lipinski definition) is 7. The fourth-order valence-corrected chi connectivity index (χ4v) is 5.44. The molecule has 10 heteroatoms. The standard InChI is InChI=1S/C20H23N3O5S2/c1-5-23(6-2)30(25,26)14-8-9-15-18(12-14)29-20(21-15)22-19(24)13-7-10-16(27-3)17(11-13)28-4/h7-12H,5-6H2,1-4H3,(H,21,22,24). The molecule has 2 aromatic carbocycles. The minimum atomic E-state index is -3.56. The van der Waals surface area contributed by atoms with E-state index in [2.05, 4.69) is 10.3 Å². The molecule has 0 bridgehead atoms. The number of anilines is 1. The SMILES string of the molecule is CCN(CC)S(=O)(=O)c1ccc2nc(NC(=O)c3ccc(OC)c(OC)c3)sc2c1. The molecule has 0 saturated heterocycles. The fraction of sp³-hybridized carbons (Fsp3) is 0.300. The summed E-state index contributed by atoms with van der Waals surface area (Å²) in [5.41, 5.74) is 0.998. The maximum absolute atomic E-state index is 12.7. The summed E-state index contributed by atoms with van der Waals surface area (Å²) in [6.07, 6.45) is 0. The van der Waals surface area contributed by atoms with E-state index in [-0.39, 0.29) is 10.8 Å². The summed E-state index contributed by atoms with van der Waals surface area (Å²) in [6, 6.07) is 9.63. The highest BCUT2D eigenvalue weighted by molar-refractivity contribution is 7.89. The van der Waals surface area contributed by atoms with Crippen LogP contribution in [-0.4, -0.2) is 50.9 Å². The number of sulfonamides is 1. The first-order valence-corrected chi connectivity index (χ1v) is 11.5. The summed E-state index contributed by atoms with van der Waals surface area (Å²) in [5, 5.41) is 3.13. The summed E-state index contributed by atoms with van der Waals surface area (Å²) >= 11 is 1.21. The van der Waals surface area contributed by atoms with Gasteiger partial charge in [-0.1, -0.05) is 25.2 Å². The summed E-state index contributed by atoms with van der Waals surface area (Å²) < 4.78 is 38.0. The zero-order valence-electron chi connectivity index (χ0n) is 17.1. The summed E-state index contributed by atoms with van der Waals surface area (Å²) in [7, 11) is -0.546. The lowest BCUT2D eigenvalue weighted by molar-refractivity contribution is 0.102. The number of hydrogen-bond donors (Lipinski definition) is 1. The second kappa shape index (κ2) is 8.99. The number of rotatable bonds is 8. The highest BCUT2D eigenvalue weighted by atomic mass is 32.2. The van der Waals surface area contributed by atoms with Gasteiger partial charge in [-0.15, -0.1) is 0 Å². The van der Waals surface area contributed by atoms with Crippen LogP contribution in [0.5, 0.6) is 11.5 Å². The van der Waals surface area contributed by atoms with Crippen LogP contribution in [0.2, 0.25) is 0 Å². The number of aromatic nitrogens is 1. The molecule has 0 saturated carbocycles. The average Bonchev–Trinajstić information content (AvgIpc) is 3.15. The van der Waals surface area contributed by atoms with Gasteiger partial charge in [-0.2, -0.15) is 4.31 Å². The van der Waals surface area contributed by atoms with Gasteiger partial charge >= 0.3 is 0 Å². The molecular formula is C20H23N3O5S2. The van der Waals surface area contributed by atoms with Crippen molar-refractivity contribution < 1.29 is 22.7 Å². The summed E-state index contributed by atoms with van der Waals surface area (Å²) in [4.78, 5) is 17.2. The third-order valence-electron chi connectivity index (χ3n) is 4.57. The van der Waals surface area contributed by atoms with E-state index in [0.29, 0.717) is 45.5 Å². The number of benzene rings is 2. The summed E-state index contributed by atoms with van der Waals surface area (Å²) in [6.45, 7) is 4.39. The van der Waals surface area contributed by atoms with Crippen LogP contribution in [0.4, 0.5) is 5.13 Å². The number of nitrogens with zero attached hydrogens (tertiary/aromatic N) is 2. The third-order valence-corrected chi connectivity index (χ3v) is 7.55. The zero-order valence-corrected chi connectivity index (χ0v) is 18.8. The first-order valence-electron chi connectivity index (χ1n) is 9.28. The van der Waals surface area contributed by atoms with Crippen LogP contribution in [0, 0.1) is 0 Å². The number of methoxy groups -OCH3 is 2. The third kappa shape index (κ3) is 4.25. The number of amides is 1. The van der Waals surface area contributed by atoms with Gasteiger partial charge in [-0.25, -0.2) is 13.4 Å². The van der Waals surface area contributed by atoms with E-state index in [9.17, 15) is 13.2 Å². The highest BCUT2D eigenvalue weighted by Gasteiger charge is 2.22. The molecule has 0 aliphatic heterocycles. The largest absolute Gasteiger partial charge is 0.493 e. The number of thiazole rings is 1. The van der Waals surface area contributed by atoms with E-state index < -0.39 is 10.0 Å². The van der Waals surface area contributed by atoms with Crippen molar-refractivity contribution in [3.05, 3.63) is 42.0 Å². The van der Waals surface area contributed by atoms with Crippen LogP contribution >= 0.6 is 11.3 Å². The molecule has 0 spiro atoms. The molecule has 0 aliphatic rings. The van der Waals surface area contributed by atoms with Crippen molar-refractivity contribution >= 4 is 42.6 Å². The Morgan fingerprint density at radius 2 is 1.77 bits per heavy atom. The molecular weight excluding hydrogens is 426 g/mol. The maximum atomic E-state index is 12.7. The van der Waals surface area contributed by atoms with Gasteiger partial charge in [0.15, 0.2) is 16.6 Å². The van der Waals surface area contributed by atoms with E-state index in [1.165, 1.54) is 35.9 Å². The molecule has 1 aromatic heterocycles. The van der Waals surface area contributed by atoms with Gasteiger partial charge in [-0.3, -0.25) is 10.1 Å². The molecule has 160 valence electrons. The Morgan fingerprint density at radius 3 is 2.40 bits per heavy atom. The Labute approximate surface area is 179 Å². The summed E-state index contributed by atoms with van der Waals surface area (Å²) in [5.74, 6) is 0.614. The van der Waals surface area contributed by atoms with E-state index in [0.717, 1.165) is 0 Å². The normalized spacial score (nSPS) is 11.6. The van der Waals surface area contributed by atoms with Gasteiger partial charge in [-0.05, 0) is 36.4 Å². The zero-order chi connectivity index (χ0) is 21.9. The van der Waals surface area contributed by atoms with Crippen molar-refractivity contribution in [1.29, 1.82) is 0 Å². The molecule has 1 amide bonds. The van der Waals surface area contributed by atoms with E-state index in [4.69, 9.17) is 9.47 Å². The van der Waals surface area contributed by atoms with Crippen LogP contribution in [0.15, 0.2) is 41.3 Å². The smallest absolute Gasteiger partial charge is 0.257 e. The minimum Gasteiger partial charge on any atom is -0.493 e. The predicted octanol–water partition coefficient (Wildman–Crippen LogP) is 3.60. The minimum absolute atomic E-state index is 0.208. The number of ether oxygens (including phenoxy) is 2. The lowest BCUT2D eigenvalue weighted by Crippen LogP contribution is -2.30. The topological polar surface area (TPSA) is 97.8 Å². The lowest BCUT2D eigenvalue weighted by atomic mass is 10.2. The second-order valence-corrected chi connectivity index (χ2v) is 9.23. The first-order chi connectivity index (χ1) is 14.3. The van der Waals surface area contributed by atoms with Crippen molar-refractivity contribution in [1.82, 2.24) is 9.29 Å². The lowest BCUT2D eigenvalue weighted by Gasteiger charge is -2.18. The molecule has 30 heavy (non-hydrogen) atoms. The Bertz CT molecular complexity index is 1170. The van der Waals surface area contributed by atoms with Crippen LogP contribution in [0.1, 0.15) is 24.2 Å². The molecule has 0 unspecified atom stereocenters. The van der Waals surface area contributed by atoms with Crippen LogP contribution in [0.25, 0.3) is 10.2 Å². The molecule has 1 N–H and O–H groups in total. The van der Waals surface area contributed by atoms with Gasteiger partial charge in [0.05, 0.1) is 29.3 Å². The van der Waals surface area contributed by atoms with Crippen LogP contribution in [0.3, 0.4) is 0 Å². The first kappa shape index (κ1) is 22.0. The Kier molecular flexibility index (Phi) is 6.59. The molecule has 3 rings (SSSR count). The van der Waals surface area contributed by atoms with Gasteiger partial charge in [0.25, 0.3) is 5.91 Å². The maximum Gasteiger partial charge on any atom is 0.257 e. The molecule has 3 aromatic rings. The van der Waals surface area contributed by atoms with E-state index >= 15 is 0 Å². The van der Waals surface area contributed by atoms with E-state index in [1.54, 1.807) is 44.2 Å². The predicted molar refractivity (Wildman–Crippen MR) is 117 cm³/mol. The molecule has 0 atom stereocenters. The van der Waals surface area contributed by atoms with Crippen molar-refractivity contribution in [2.24, 2.45) is 0 Å². The van der Waals surface area contributed by atoms with Crippen molar-refractivity contribution in [3.63, 3.8) is 0 Å². The number of carbonyl (C=O) groups is 1. The van der Waals surface area contributed by atoms with E-state index in [1.807, 2.05) is 0 Å². The second-order valence-electron chi connectivity index (χ2n) is 6.26. The Balaban J connectivity index is 1.87.